The van der Waals surface area contributed by atoms with E-state index in [9.17, 15) is 4.79 Å². The summed E-state index contributed by atoms with van der Waals surface area (Å²) in [6, 6.07) is 0. The number of hydrogen-bond acceptors (Lipinski definition) is 4. The fourth-order valence-electron chi connectivity index (χ4n) is 1.18. The van der Waals surface area contributed by atoms with E-state index in [0.717, 1.165) is 12.1 Å². The van der Waals surface area contributed by atoms with Crippen LogP contribution in [0.5, 0.6) is 0 Å². The molecule has 0 aliphatic carbocycles. The summed E-state index contributed by atoms with van der Waals surface area (Å²) in [4.78, 5) is 16.2. The predicted octanol–water partition coefficient (Wildman–Crippen LogP) is 1.57. The Hall–Kier alpha value is -0.940. The summed E-state index contributed by atoms with van der Waals surface area (Å²) < 4.78 is 0. The first kappa shape index (κ1) is 14.1. The zero-order valence-electron chi connectivity index (χ0n) is 10.9. The maximum atomic E-state index is 12.0. The average Bonchev–Trinajstić information content (AvgIpc) is 2.68. The number of aromatic nitrogens is 1. The van der Waals surface area contributed by atoms with Crippen molar-refractivity contribution in [1.29, 1.82) is 0 Å². The van der Waals surface area contributed by atoms with E-state index in [2.05, 4.69) is 10.3 Å². The normalized spacial score (nSPS) is 12.5. The Morgan fingerprint density at radius 1 is 1.47 bits per heavy atom. The molecule has 1 aromatic rings. The van der Waals surface area contributed by atoms with E-state index in [-0.39, 0.29) is 5.91 Å². The molecule has 5 heteroatoms. The van der Waals surface area contributed by atoms with Gasteiger partial charge >= 0.3 is 0 Å². The Balaban J connectivity index is 2.45. The van der Waals surface area contributed by atoms with Crippen molar-refractivity contribution >= 4 is 17.2 Å². The van der Waals surface area contributed by atoms with Crippen molar-refractivity contribution in [3.8, 4) is 0 Å². The largest absolute Gasteiger partial charge is 0.355 e. The smallest absolute Gasteiger partial charge is 0.227 e. The van der Waals surface area contributed by atoms with Gasteiger partial charge in [-0.25, -0.2) is 4.98 Å². The van der Waals surface area contributed by atoms with Gasteiger partial charge < -0.3 is 11.1 Å². The highest BCUT2D eigenvalue weighted by Gasteiger charge is 2.40. The molecule has 0 aromatic carbocycles. The topological polar surface area (TPSA) is 68.0 Å². The minimum atomic E-state index is -0.588. The van der Waals surface area contributed by atoms with Gasteiger partial charge in [0, 0.05) is 23.9 Å². The second kappa shape index (κ2) is 5.14. The Bertz CT molecular complexity index is 366. The van der Waals surface area contributed by atoms with E-state index in [4.69, 9.17) is 5.73 Å². The van der Waals surface area contributed by atoms with Crippen LogP contribution in [0.15, 0.2) is 10.9 Å². The van der Waals surface area contributed by atoms with Crippen LogP contribution in [0.1, 0.15) is 33.4 Å². The third-order valence-corrected chi connectivity index (χ3v) is 3.96. The molecule has 1 aromatic heterocycles. The molecule has 0 aliphatic heterocycles. The van der Waals surface area contributed by atoms with Crippen molar-refractivity contribution in [3.63, 3.8) is 0 Å². The molecule has 1 heterocycles. The molecule has 0 fully saturated rings. The Kier molecular flexibility index (Phi) is 4.27. The van der Waals surface area contributed by atoms with Gasteiger partial charge in [0.2, 0.25) is 5.91 Å². The molecule has 17 heavy (non-hydrogen) atoms. The number of hydrogen-bond donors (Lipinski definition) is 2. The van der Waals surface area contributed by atoms with Gasteiger partial charge in [-0.2, -0.15) is 0 Å². The zero-order valence-corrected chi connectivity index (χ0v) is 11.7. The van der Waals surface area contributed by atoms with Crippen molar-refractivity contribution in [2.75, 3.05) is 6.54 Å². The molecular formula is C12H21N3OS. The maximum absolute atomic E-state index is 12.0. The van der Waals surface area contributed by atoms with Crippen molar-refractivity contribution in [2.24, 2.45) is 11.1 Å². The molecule has 0 bridgehead atoms. The van der Waals surface area contributed by atoms with Crippen LogP contribution in [0.2, 0.25) is 0 Å². The van der Waals surface area contributed by atoms with Gasteiger partial charge in [0.1, 0.15) is 0 Å². The summed E-state index contributed by atoms with van der Waals surface area (Å²) in [6.45, 7) is 8.07. The zero-order chi connectivity index (χ0) is 13.1. The minimum absolute atomic E-state index is 0.0137. The Labute approximate surface area is 107 Å². The highest BCUT2D eigenvalue weighted by atomic mass is 32.1. The fraction of sp³-hybridized carbons (Fsp3) is 0.667. The molecule has 0 aliphatic rings. The quantitative estimate of drug-likeness (QED) is 0.839. The Morgan fingerprint density at radius 2 is 2.12 bits per heavy atom. The van der Waals surface area contributed by atoms with E-state index < -0.39 is 11.0 Å². The van der Waals surface area contributed by atoms with Gasteiger partial charge in [-0.15, -0.1) is 11.3 Å². The average molecular weight is 255 g/mol. The van der Waals surface area contributed by atoms with Gasteiger partial charge in [-0.05, 0) is 27.7 Å². The van der Waals surface area contributed by atoms with Gasteiger partial charge in [0.15, 0.2) is 0 Å². The highest BCUT2D eigenvalue weighted by molar-refractivity contribution is 7.07. The summed E-state index contributed by atoms with van der Waals surface area (Å²) in [6.07, 6.45) is 0.760. The molecule has 0 saturated heterocycles. The summed E-state index contributed by atoms with van der Waals surface area (Å²) in [5.74, 6) is -0.0137. The molecule has 0 unspecified atom stereocenters. The molecule has 1 amide bonds. The van der Waals surface area contributed by atoms with E-state index in [1.165, 1.54) is 0 Å². The van der Waals surface area contributed by atoms with Gasteiger partial charge in [0.25, 0.3) is 0 Å². The lowest BCUT2D eigenvalue weighted by atomic mass is 9.74. The van der Waals surface area contributed by atoms with Crippen LogP contribution in [0.4, 0.5) is 0 Å². The van der Waals surface area contributed by atoms with E-state index in [1.807, 2.05) is 33.1 Å². The monoisotopic (exact) mass is 255 g/mol. The van der Waals surface area contributed by atoms with Crippen molar-refractivity contribution in [2.45, 2.75) is 39.7 Å². The molecule has 4 nitrogen and oxygen atoms in total. The number of amides is 1. The van der Waals surface area contributed by atoms with Gasteiger partial charge in [0.05, 0.1) is 16.6 Å². The molecule has 0 radical (unpaired) electrons. The predicted molar refractivity (Wildman–Crippen MR) is 70.9 cm³/mol. The van der Waals surface area contributed by atoms with Crippen LogP contribution in [0.3, 0.4) is 0 Å². The minimum Gasteiger partial charge on any atom is -0.355 e. The standard InChI is InChI=1S/C12H21N3OS/c1-11(2,12(3,4)13)10(16)14-6-5-9-7-17-8-15-9/h7-8H,5-6,13H2,1-4H3,(H,14,16). The lowest BCUT2D eigenvalue weighted by Crippen LogP contribution is -2.55. The summed E-state index contributed by atoms with van der Waals surface area (Å²) >= 11 is 1.56. The summed E-state index contributed by atoms with van der Waals surface area (Å²) in [7, 11) is 0. The number of thiazole rings is 1. The van der Waals surface area contributed by atoms with Crippen LogP contribution in [0.25, 0.3) is 0 Å². The van der Waals surface area contributed by atoms with Gasteiger partial charge in [-0.1, -0.05) is 0 Å². The summed E-state index contributed by atoms with van der Waals surface area (Å²) in [5.41, 5.74) is 7.69. The molecular weight excluding hydrogens is 234 g/mol. The Morgan fingerprint density at radius 3 is 2.59 bits per heavy atom. The molecule has 96 valence electrons. The number of rotatable bonds is 5. The molecule has 1 rings (SSSR count). The van der Waals surface area contributed by atoms with Crippen LogP contribution in [-0.2, 0) is 11.2 Å². The second-order valence-electron chi connectivity index (χ2n) is 5.33. The SMILES string of the molecule is CC(C)(N)C(C)(C)C(=O)NCCc1cscn1. The second-order valence-corrected chi connectivity index (χ2v) is 6.05. The first-order valence-corrected chi connectivity index (χ1v) is 6.63. The van der Waals surface area contributed by atoms with Crippen LogP contribution in [0, 0.1) is 5.41 Å². The van der Waals surface area contributed by atoms with Crippen molar-refractivity contribution in [1.82, 2.24) is 10.3 Å². The third-order valence-electron chi connectivity index (χ3n) is 3.33. The number of nitrogens with zero attached hydrogens (tertiary/aromatic N) is 1. The van der Waals surface area contributed by atoms with Crippen LogP contribution in [-0.4, -0.2) is 23.0 Å². The molecule has 0 atom stereocenters. The first-order valence-electron chi connectivity index (χ1n) is 5.69. The number of carbonyl (C=O) groups is 1. The number of nitrogens with two attached hydrogens (primary N) is 1. The highest BCUT2D eigenvalue weighted by Crippen LogP contribution is 2.28. The lowest BCUT2D eigenvalue weighted by molar-refractivity contribution is -0.132. The molecule has 0 spiro atoms. The van der Waals surface area contributed by atoms with Gasteiger partial charge in [-0.3, -0.25) is 4.79 Å². The van der Waals surface area contributed by atoms with E-state index >= 15 is 0 Å². The van der Waals surface area contributed by atoms with Crippen molar-refractivity contribution in [3.05, 3.63) is 16.6 Å². The fourth-order valence-corrected chi connectivity index (χ4v) is 1.77. The van der Waals surface area contributed by atoms with Crippen molar-refractivity contribution < 1.29 is 4.79 Å². The molecule has 0 saturated carbocycles. The van der Waals surface area contributed by atoms with E-state index in [1.54, 1.807) is 16.8 Å². The van der Waals surface area contributed by atoms with Crippen LogP contribution < -0.4 is 11.1 Å². The van der Waals surface area contributed by atoms with Crippen LogP contribution >= 0.6 is 11.3 Å². The number of nitrogens with one attached hydrogen (secondary N) is 1. The third kappa shape index (κ3) is 3.51. The number of carbonyl (C=O) groups excluding carboxylic acids is 1. The lowest BCUT2D eigenvalue weighted by Gasteiger charge is -2.36. The summed E-state index contributed by atoms with van der Waals surface area (Å²) in [5, 5.41) is 4.90. The maximum Gasteiger partial charge on any atom is 0.227 e. The molecule has 3 N–H and O–H groups in total. The van der Waals surface area contributed by atoms with E-state index in [0.29, 0.717) is 6.54 Å². The first-order chi connectivity index (χ1) is 7.75.